The Hall–Kier alpha value is -1.06. The first kappa shape index (κ1) is 11.4. The molecule has 1 heterocycles. The van der Waals surface area contributed by atoms with E-state index in [0.29, 0.717) is 6.54 Å². The first-order valence-corrected chi connectivity index (χ1v) is 5.70. The molecular formula is C13H19NO2. The standard InChI is InChI=1S/C13H19NO2/c1-9-7-10-5-4-6-11(10)16-13(9,2)12(15)8-14-3/h4-7,9,12,14-15H,8H2,1-3H3. The van der Waals surface area contributed by atoms with Crippen molar-refractivity contribution in [3.63, 3.8) is 0 Å². The van der Waals surface area contributed by atoms with Gasteiger partial charge in [-0.2, -0.15) is 0 Å². The fourth-order valence-corrected chi connectivity index (χ4v) is 2.18. The van der Waals surface area contributed by atoms with Gasteiger partial charge in [-0.05, 0) is 20.0 Å². The zero-order valence-corrected chi connectivity index (χ0v) is 10.0. The van der Waals surface area contributed by atoms with Gasteiger partial charge >= 0.3 is 0 Å². The van der Waals surface area contributed by atoms with Crippen molar-refractivity contribution in [3.05, 3.63) is 35.6 Å². The van der Waals surface area contributed by atoms with Gasteiger partial charge in [0.25, 0.3) is 0 Å². The first-order chi connectivity index (χ1) is 7.58. The minimum absolute atomic E-state index is 0.186. The van der Waals surface area contributed by atoms with E-state index in [-0.39, 0.29) is 5.92 Å². The average Bonchev–Trinajstić information content (AvgIpc) is 2.66. The Morgan fingerprint density at radius 3 is 3.06 bits per heavy atom. The lowest BCUT2D eigenvalue weighted by Gasteiger charge is -2.42. The van der Waals surface area contributed by atoms with E-state index in [1.165, 1.54) is 0 Å². The second-order valence-electron chi connectivity index (χ2n) is 4.66. The summed E-state index contributed by atoms with van der Waals surface area (Å²) < 4.78 is 5.96. The molecule has 0 saturated heterocycles. The number of fused-ring (bicyclic) bond motifs is 1. The molecule has 0 radical (unpaired) electrons. The van der Waals surface area contributed by atoms with Crippen LogP contribution in [0.3, 0.4) is 0 Å². The van der Waals surface area contributed by atoms with Crippen LogP contribution >= 0.6 is 0 Å². The van der Waals surface area contributed by atoms with Crippen LogP contribution in [0, 0.1) is 5.92 Å². The predicted molar refractivity (Wildman–Crippen MR) is 63.9 cm³/mol. The molecule has 2 N–H and O–H groups in total. The second kappa shape index (κ2) is 4.07. The minimum Gasteiger partial charge on any atom is -0.484 e. The fourth-order valence-electron chi connectivity index (χ4n) is 2.18. The van der Waals surface area contributed by atoms with E-state index < -0.39 is 11.7 Å². The van der Waals surface area contributed by atoms with Crippen LogP contribution in [0.4, 0.5) is 0 Å². The van der Waals surface area contributed by atoms with Crippen LogP contribution in [0.15, 0.2) is 35.6 Å². The first-order valence-electron chi connectivity index (χ1n) is 5.70. The molecule has 3 unspecified atom stereocenters. The predicted octanol–water partition coefficient (Wildman–Crippen LogP) is 1.37. The van der Waals surface area contributed by atoms with Gasteiger partial charge in [-0.1, -0.05) is 25.2 Å². The van der Waals surface area contributed by atoms with Gasteiger partial charge in [-0.15, -0.1) is 0 Å². The normalized spacial score (nSPS) is 33.9. The van der Waals surface area contributed by atoms with Gasteiger partial charge in [-0.3, -0.25) is 0 Å². The summed E-state index contributed by atoms with van der Waals surface area (Å²) in [5.74, 6) is 1.06. The molecule has 1 aliphatic carbocycles. The van der Waals surface area contributed by atoms with Gasteiger partial charge in [0, 0.05) is 18.0 Å². The number of ether oxygens (including phenoxy) is 1. The summed E-state index contributed by atoms with van der Waals surface area (Å²) in [5.41, 5.74) is 0.575. The highest BCUT2D eigenvalue weighted by Crippen LogP contribution is 2.39. The van der Waals surface area contributed by atoms with Gasteiger partial charge in [0.15, 0.2) is 0 Å². The van der Waals surface area contributed by atoms with E-state index in [4.69, 9.17) is 4.74 Å². The lowest BCUT2D eigenvalue weighted by Crippen LogP contribution is -2.52. The van der Waals surface area contributed by atoms with Crippen molar-refractivity contribution in [2.75, 3.05) is 13.6 Å². The molecule has 0 spiro atoms. The summed E-state index contributed by atoms with van der Waals surface area (Å²) in [6.07, 6.45) is 7.60. The Morgan fingerprint density at radius 1 is 1.62 bits per heavy atom. The van der Waals surface area contributed by atoms with Crippen LogP contribution in [0.2, 0.25) is 0 Å². The van der Waals surface area contributed by atoms with Gasteiger partial charge < -0.3 is 15.2 Å². The Balaban J connectivity index is 2.24. The molecule has 3 heteroatoms. The quantitative estimate of drug-likeness (QED) is 0.756. The number of hydrogen-bond acceptors (Lipinski definition) is 3. The molecule has 2 aliphatic rings. The van der Waals surface area contributed by atoms with Gasteiger partial charge in [0.1, 0.15) is 17.5 Å². The zero-order valence-electron chi connectivity index (χ0n) is 10.0. The second-order valence-corrected chi connectivity index (χ2v) is 4.66. The van der Waals surface area contributed by atoms with Crippen LogP contribution in [-0.2, 0) is 4.74 Å². The number of allylic oxidation sites excluding steroid dienone is 3. The van der Waals surface area contributed by atoms with Crippen molar-refractivity contribution < 1.29 is 9.84 Å². The number of rotatable bonds is 3. The summed E-state index contributed by atoms with van der Waals surface area (Å²) in [5, 5.41) is 13.1. The van der Waals surface area contributed by atoms with E-state index in [9.17, 15) is 5.11 Å². The van der Waals surface area contributed by atoms with Gasteiger partial charge in [-0.25, -0.2) is 0 Å². The van der Waals surface area contributed by atoms with Crippen LogP contribution in [0.5, 0.6) is 0 Å². The number of aliphatic hydroxyl groups is 1. The molecule has 1 aliphatic heterocycles. The van der Waals surface area contributed by atoms with Crippen LogP contribution in [-0.4, -0.2) is 30.4 Å². The number of hydrogen-bond donors (Lipinski definition) is 2. The van der Waals surface area contributed by atoms with E-state index >= 15 is 0 Å². The van der Waals surface area contributed by atoms with Crippen LogP contribution in [0.25, 0.3) is 0 Å². The summed E-state index contributed by atoms with van der Waals surface area (Å²) >= 11 is 0. The monoisotopic (exact) mass is 221 g/mol. The lowest BCUT2D eigenvalue weighted by molar-refractivity contribution is -0.105. The molecular weight excluding hydrogens is 202 g/mol. The van der Waals surface area contributed by atoms with Crippen molar-refractivity contribution >= 4 is 0 Å². The third kappa shape index (κ3) is 1.70. The SMILES string of the molecule is CNCC(O)C1(C)OC2=CC=CC2=CC1C. The molecule has 0 aromatic heterocycles. The lowest BCUT2D eigenvalue weighted by atomic mass is 9.81. The third-order valence-electron chi connectivity index (χ3n) is 3.53. The summed E-state index contributed by atoms with van der Waals surface area (Å²) in [6, 6.07) is 0. The Labute approximate surface area is 96.5 Å². The number of nitrogens with one attached hydrogen (secondary N) is 1. The molecule has 0 saturated carbocycles. The van der Waals surface area contributed by atoms with Gasteiger partial charge in [0.2, 0.25) is 0 Å². The average molecular weight is 221 g/mol. The maximum absolute atomic E-state index is 10.2. The molecule has 3 nitrogen and oxygen atoms in total. The number of aliphatic hydroxyl groups excluding tert-OH is 1. The Morgan fingerprint density at radius 2 is 2.38 bits per heavy atom. The maximum Gasteiger partial charge on any atom is 0.139 e. The molecule has 0 fully saturated rings. The van der Waals surface area contributed by atoms with E-state index in [2.05, 4.69) is 18.3 Å². The van der Waals surface area contributed by atoms with Crippen LogP contribution < -0.4 is 5.32 Å². The number of likely N-dealkylation sites (N-methyl/N-ethyl adjacent to an activating group) is 1. The molecule has 0 aromatic carbocycles. The smallest absolute Gasteiger partial charge is 0.139 e. The molecule has 0 amide bonds. The summed E-state index contributed by atoms with van der Waals surface area (Å²) in [4.78, 5) is 0. The largest absolute Gasteiger partial charge is 0.484 e. The van der Waals surface area contributed by atoms with Crippen molar-refractivity contribution in [3.8, 4) is 0 Å². The summed E-state index contributed by atoms with van der Waals surface area (Å²) in [7, 11) is 1.83. The van der Waals surface area contributed by atoms with Crippen molar-refractivity contribution in [2.24, 2.45) is 5.92 Å². The maximum atomic E-state index is 10.2. The Bertz CT molecular complexity index is 370. The highest BCUT2D eigenvalue weighted by atomic mass is 16.5. The van der Waals surface area contributed by atoms with E-state index in [1.807, 2.05) is 32.2 Å². The van der Waals surface area contributed by atoms with E-state index in [1.54, 1.807) is 0 Å². The molecule has 0 bridgehead atoms. The highest BCUT2D eigenvalue weighted by Gasteiger charge is 2.43. The zero-order chi connectivity index (χ0) is 11.8. The topological polar surface area (TPSA) is 41.5 Å². The van der Waals surface area contributed by atoms with Gasteiger partial charge in [0.05, 0.1) is 0 Å². The minimum atomic E-state index is -0.551. The fraction of sp³-hybridized carbons (Fsp3) is 0.538. The van der Waals surface area contributed by atoms with Crippen molar-refractivity contribution in [2.45, 2.75) is 25.6 Å². The summed E-state index contributed by atoms with van der Waals surface area (Å²) in [6.45, 7) is 4.58. The molecule has 2 rings (SSSR count). The van der Waals surface area contributed by atoms with Crippen molar-refractivity contribution in [1.29, 1.82) is 0 Å². The molecule has 88 valence electrons. The highest BCUT2D eigenvalue weighted by molar-refractivity contribution is 5.47. The molecule has 16 heavy (non-hydrogen) atoms. The van der Waals surface area contributed by atoms with Crippen molar-refractivity contribution in [1.82, 2.24) is 5.32 Å². The third-order valence-corrected chi connectivity index (χ3v) is 3.53. The Kier molecular flexibility index (Phi) is 2.91. The van der Waals surface area contributed by atoms with Crippen LogP contribution in [0.1, 0.15) is 13.8 Å². The van der Waals surface area contributed by atoms with E-state index in [0.717, 1.165) is 11.3 Å². The molecule has 0 aromatic rings. The molecule has 3 atom stereocenters.